The molecule has 1 saturated carbocycles. The number of amides is 1. The maximum atomic E-state index is 14.3. The zero-order valence-electron chi connectivity index (χ0n) is 23.0. The van der Waals surface area contributed by atoms with Crippen molar-refractivity contribution in [3.63, 3.8) is 0 Å². The fraction of sp³-hybridized carbons (Fsp3) is 0.548. The number of carbonyl (C=O) groups excluding carboxylic acids is 1. The molecule has 2 spiro atoms. The first-order chi connectivity index (χ1) is 18.5. The highest BCUT2D eigenvalue weighted by atomic mass is 19.1. The minimum Gasteiger partial charge on any atom is -0.483 e. The number of fused-ring (bicyclic) bond motifs is 3. The second kappa shape index (κ2) is 9.14. The van der Waals surface area contributed by atoms with Gasteiger partial charge in [0.1, 0.15) is 22.8 Å². The third kappa shape index (κ3) is 4.72. The van der Waals surface area contributed by atoms with Crippen LogP contribution in [0, 0.1) is 5.82 Å². The van der Waals surface area contributed by atoms with Gasteiger partial charge in [0.25, 0.3) is 0 Å². The average Bonchev–Trinajstić information content (AvgIpc) is 3.12. The first-order valence-electron chi connectivity index (χ1n) is 14.1. The van der Waals surface area contributed by atoms with Crippen LogP contribution < -0.4 is 14.5 Å². The van der Waals surface area contributed by atoms with Crippen LogP contribution in [0.1, 0.15) is 82.8 Å². The number of aliphatic carboxylic acids is 1. The van der Waals surface area contributed by atoms with E-state index in [4.69, 9.17) is 9.47 Å². The normalized spacial score (nSPS) is 22.6. The molecule has 1 saturated heterocycles. The molecule has 6 rings (SSSR count). The number of anilines is 2. The molecule has 0 radical (unpaired) electrons. The zero-order valence-corrected chi connectivity index (χ0v) is 23.0. The Kier molecular flexibility index (Phi) is 6.08. The Balaban J connectivity index is 1.23. The Labute approximate surface area is 228 Å². The second-order valence-electron chi connectivity index (χ2n) is 12.9. The van der Waals surface area contributed by atoms with Gasteiger partial charge in [-0.05, 0) is 106 Å². The van der Waals surface area contributed by atoms with Crippen LogP contribution in [0.2, 0.25) is 0 Å². The number of nitrogens with zero attached hydrogens (tertiary/aromatic N) is 2. The quantitative estimate of drug-likeness (QED) is 0.490. The van der Waals surface area contributed by atoms with E-state index < -0.39 is 11.6 Å². The molecule has 1 atom stereocenters. The van der Waals surface area contributed by atoms with Crippen LogP contribution in [0.5, 0.6) is 5.75 Å². The van der Waals surface area contributed by atoms with Crippen LogP contribution in [0.25, 0.3) is 0 Å². The molecule has 0 unspecified atom stereocenters. The third-order valence-corrected chi connectivity index (χ3v) is 9.06. The number of hydrogen-bond acceptors (Lipinski definition) is 5. The summed E-state index contributed by atoms with van der Waals surface area (Å²) in [7, 11) is 0. The number of carbonyl (C=O) groups is 2. The minimum atomic E-state index is -0.816. The molecular formula is C31H37FN2O5. The summed E-state index contributed by atoms with van der Waals surface area (Å²) in [5, 5.41) is 9.47. The van der Waals surface area contributed by atoms with E-state index in [0.29, 0.717) is 12.3 Å². The van der Waals surface area contributed by atoms with Crippen molar-refractivity contribution in [2.45, 2.75) is 88.3 Å². The number of halogens is 1. The molecule has 2 aromatic carbocycles. The summed E-state index contributed by atoms with van der Waals surface area (Å²) in [5.41, 5.74) is 2.59. The number of carboxylic acids is 1. The summed E-state index contributed by atoms with van der Waals surface area (Å²) in [6, 6.07) is 10.9. The molecule has 1 amide bonds. The largest absolute Gasteiger partial charge is 0.483 e. The molecule has 7 nitrogen and oxygen atoms in total. The van der Waals surface area contributed by atoms with E-state index in [0.717, 1.165) is 74.1 Å². The van der Waals surface area contributed by atoms with Crippen LogP contribution in [0.3, 0.4) is 0 Å². The molecule has 2 aliphatic heterocycles. The molecule has 0 bridgehead atoms. The molecule has 208 valence electrons. The van der Waals surface area contributed by atoms with Gasteiger partial charge in [-0.25, -0.2) is 9.18 Å². The first-order valence-corrected chi connectivity index (χ1v) is 14.1. The van der Waals surface area contributed by atoms with Gasteiger partial charge in [0, 0.05) is 24.8 Å². The Morgan fingerprint density at radius 3 is 2.49 bits per heavy atom. The van der Waals surface area contributed by atoms with Gasteiger partial charge < -0.3 is 19.5 Å². The molecular weight excluding hydrogens is 499 g/mol. The van der Waals surface area contributed by atoms with Crippen molar-refractivity contribution in [3.8, 4) is 5.75 Å². The van der Waals surface area contributed by atoms with Gasteiger partial charge in [0.05, 0.1) is 18.7 Å². The number of hydrogen-bond donors (Lipinski definition) is 1. The molecule has 39 heavy (non-hydrogen) atoms. The highest BCUT2D eigenvalue weighted by molar-refractivity contribution is 5.91. The highest BCUT2D eigenvalue weighted by Gasteiger charge is 2.48. The van der Waals surface area contributed by atoms with Gasteiger partial charge >= 0.3 is 12.1 Å². The first kappa shape index (κ1) is 26.0. The molecule has 2 fully saturated rings. The second-order valence-corrected chi connectivity index (χ2v) is 12.9. The van der Waals surface area contributed by atoms with Gasteiger partial charge in [-0.3, -0.25) is 9.69 Å². The van der Waals surface area contributed by atoms with E-state index in [9.17, 15) is 19.1 Å². The number of rotatable bonds is 3. The topological polar surface area (TPSA) is 79.3 Å². The minimum absolute atomic E-state index is 0.0716. The predicted octanol–water partition coefficient (Wildman–Crippen LogP) is 6.38. The third-order valence-electron chi connectivity index (χ3n) is 9.06. The van der Waals surface area contributed by atoms with E-state index in [1.807, 2.05) is 39.0 Å². The molecule has 8 heteroatoms. The van der Waals surface area contributed by atoms with Crippen molar-refractivity contribution in [1.82, 2.24) is 0 Å². The van der Waals surface area contributed by atoms with E-state index in [-0.39, 0.29) is 35.3 Å². The van der Waals surface area contributed by atoms with Crippen LogP contribution in [0.15, 0.2) is 36.4 Å². The standard InChI is InChI=1S/C31H37FN2O5/c1-29(2,3)39-28(37)34-19-31(9-4-10-31)38-26-17-22(6-8-25(26)34)33-13-11-30(12-14-33)18-20(15-27(35)36)23-7-5-21(32)16-24(23)30/h5-8,16-17,20H,4,9-15,18-19H2,1-3H3,(H,35,36)/t20-/m1/s1. The Hall–Kier alpha value is -3.29. The Morgan fingerprint density at radius 1 is 1.10 bits per heavy atom. The van der Waals surface area contributed by atoms with Crippen molar-refractivity contribution in [1.29, 1.82) is 0 Å². The van der Waals surface area contributed by atoms with E-state index in [2.05, 4.69) is 4.90 Å². The van der Waals surface area contributed by atoms with Crippen LogP contribution in [-0.4, -0.2) is 48.0 Å². The summed E-state index contributed by atoms with van der Waals surface area (Å²) in [6.45, 7) is 7.66. The van der Waals surface area contributed by atoms with Crippen molar-refractivity contribution in [2.24, 2.45) is 0 Å². The lowest BCUT2D eigenvalue weighted by Gasteiger charge is -2.49. The Morgan fingerprint density at radius 2 is 1.85 bits per heavy atom. The Bertz CT molecular complexity index is 1310. The number of piperidine rings is 1. The lowest BCUT2D eigenvalue weighted by atomic mass is 9.73. The van der Waals surface area contributed by atoms with Crippen molar-refractivity contribution in [2.75, 3.05) is 29.4 Å². The van der Waals surface area contributed by atoms with Crippen molar-refractivity contribution in [3.05, 3.63) is 53.3 Å². The monoisotopic (exact) mass is 536 g/mol. The molecule has 0 aromatic heterocycles. The van der Waals surface area contributed by atoms with Crippen LogP contribution in [0.4, 0.5) is 20.6 Å². The number of benzene rings is 2. The molecule has 1 N–H and O–H groups in total. The van der Waals surface area contributed by atoms with E-state index >= 15 is 0 Å². The van der Waals surface area contributed by atoms with Gasteiger partial charge in [0.2, 0.25) is 0 Å². The van der Waals surface area contributed by atoms with Gasteiger partial charge in [-0.15, -0.1) is 0 Å². The van der Waals surface area contributed by atoms with Crippen molar-refractivity contribution < 1.29 is 28.6 Å². The molecule has 2 heterocycles. The fourth-order valence-corrected chi connectivity index (χ4v) is 7.05. The van der Waals surface area contributed by atoms with E-state index in [1.165, 1.54) is 6.07 Å². The maximum absolute atomic E-state index is 14.3. The summed E-state index contributed by atoms with van der Waals surface area (Å²) in [5.74, 6) is -0.458. The lowest BCUT2D eigenvalue weighted by Crippen LogP contribution is -2.57. The molecule has 4 aliphatic rings. The predicted molar refractivity (Wildman–Crippen MR) is 146 cm³/mol. The molecule has 2 aromatic rings. The highest BCUT2D eigenvalue weighted by Crippen LogP contribution is 2.54. The fourth-order valence-electron chi connectivity index (χ4n) is 7.05. The van der Waals surface area contributed by atoms with Gasteiger partial charge in [-0.2, -0.15) is 0 Å². The SMILES string of the molecule is CC(C)(C)OC(=O)N1CC2(CCC2)Oc2cc(N3CCC4(CC3)C[C@@H](CC(=O)O)c3ccc(F)cc34)ccc21. The van der Waals surface area contributed by atoms with Gasteiger partial charge in [0.15, 0.2) is 0 Å². The van der Waals surface area contributed by atoms with E-state index in [1.54, 1.807) is 17.0 Å². The number of carboxylic acid groups (broad SMARTS) is 1. The van der Waals surface area contributed by atoms with Crippen LogP contribution >= 0.6 is 0 Å². The molecule has 2 aliphatic carbocycles. The number of ether oxygens (including phenoxy) is 2. The van der Waals surface area contributed by atoms with Crippen LogP contribution in [-0.2, 0) is 14.9 Å². The summed E-state index contributed by atoms with van der Waals surface area (Å²) < 4.78 is 26.5. The summed E-state index contributed by atoms with van der Waals surface area (Å²) in [4.78, 5) is 28.7. The average molecular weight is 537 g/mol. The maximum Gasteiger partial charge on any atom is 0.415 e. The zero-order chi connectivity index (χ0) is 27.6. The summed E-state index contributed by atoms with van der Waals surface area (Å²) in [6.07, 6.45) is 5.02. The summed E-state index contributed by atoms with van der Waals surface area (Å²) >= 11 is 0. The lowest BCUT2D eigenvalue weighted by molar-refractivity contribution is -0.137. The van der Waals surface area contributed by atoms with Crippen molar-refractivity contribution >= 4 is 23.4 Å². The van der Waals surface area contributed by atoms with Gasteiger partial charge in [-0.1, -0.05) is 6.07 Å². The smallest absolute Gasteiger partial charge is 0.415 e.